The van der Waals surface area contributed by atoms with Crippen LogP contribution < -0.4 is 5.73 Å². The number of hydroxylamine groups is 2. The van der Waals surface area contributed by atoms with Crippen LogP contribution in [0.3, 0.4) is 0 Å². The van der Waals surface area contributed by atoms with Gasteiger partial charge in [0.2, 0.25) is 0 Å². The standard InChI is InChI=1S/C11H13N3O4S/c1-11(3-4-17-13(2)18-11)14-9(15)6-5-19-8(12)7(6)10(14)16/h5H,3-4,12H2,1-2H3. The Bertz CT molecular complexity index is 572. The van der Waals surface area contributed by atoms with Crippen molar-refractivity contribution in [3.8, 4) is 0 Å². The molecule has 0 spiro atoms. The van der Waals surface area contributed by atoms with Crippen molar-refractivity contribution in [1.29, 1.82) is 0 Å². The van der Waals surface area contributed by atoms with Gasteiger partial charge >= 0.3 is 0 Å². The molecule has 2 aliphatic heterocycles. The lowest BCUT2D eigenvalue weighted by atomic mass is 10.1. The molecule has 1 unspecified atom stereocenters. The molecule has 102 valence electrons. The average molecular weight is 283 g/mol. The van der Waals surface area contributed by atoms with Crippen molar-refractivity contribution in [1.82, 2.24) is 10.1 Å². The zero-order valence-electron chi connectivity index (χ0n) is 10.5. The summed E-state index contributed by atoms with van der Waals surface area (Å²) < 4.78 is 0. The van der Waals surface area contributed by atoms with E-state index in [0.29, 0.717) is 23.6 Å². The second-order valence-electron chi connectivity index (χ2n) is 4.62. The number of carbonyl (C=O) groups is 2. The summed E-state index contributed by atoms with van der Waals surface area (Å²) in [6.07, 6.45) is 0.405. The van der Waals surface area contributed by atoms with Crippen LogP contribution in [-0.4, -0.2) is 41.3 Å². The summed E-state index contributed by atoms with van der Waals surface area (Å²) in [6, 6.07) is 0. The van der Waals surface area contributed by atoms with Crippen LogP contribution in [-0.2, 0) is 9.68 Å². The lowest BCUT2D eigenvalue weighted by Gasteiger charge is -2.41. The van der Waals surface area contributed by atoms with E-state index in [-0.39, 0.29) is 11.5 Å². The molecule has 7 nitrogen and oxygen atoms in total. The topological polar surface area (TPSA) is 85.1 Å². The predicted octanol–water partition coefficient (Wildman–Crippen LogP) is 0.841. The maximum absolute atomic E-state index is 12.4. The van der Waals surface area contributed by atoms with Crippen LogP contribution in [0.25, 0.3) is 0 Å². The lowest BCUT2D eigenvalue weighted by Crippen LogP contribution is -2.57. The number of thiophene rings is 1. The number of hydrogen-bond donors (Lipinski definition) is 1. The Hall–Kier alpha value is -1.48. The summed E-state index contributed by atoms with van der Waals surface area (Å²) in [6.45, 7) is 2.06. The number of hydrogen-bond acceptors (Lipinski definition) is 7. The number of carbonyl (C=O) groups excluding carboxylic acids is 2. The van der Waals surface area contributed by atoms with E-state index in [1.165, 1.54) is 16.6 Å². The molecule has 1 fully saturated rings. The molecule has 2 aliphatic rings. The molecule has 1 atom stereocenters. The normalized spacial score (nSPS) is 28.0. The van der Waals surface area contributed by atoms with Gasteiger partial charge in [-0.2, -0.15) is 0 Å². The van der Waals surface area contributed by atoms with Gasteiger partial charge in [-0.15, -0.1) is 11.3 Å². The van der Waals surface area contributed by atoms with Crippen LogP contribution in [0.1, 0.15) is 34.1 Å². The first-order valence-electron chi connectivity index (χ1n) is 5.75. The summed E-state index contributed by atoms with van der Waals surface area (Å²) in [5, 5.41) is 3.14. The summed E-state index contributed by atoms with van der Waals surface area (Å²) >= 11 is 1.20. The fraction of sp³-hybridized carbons (Fsp3) is 0.455. The van der Waals surface area contributed by atoms with E-state index in [2.05, 4.69) is 0 Å². The SMILES string of the molecule is CN1OCCC(C)(N2C(=O)c3csc(N)c3C2=O)O1. The first-order chi connectivity index (χ1) is 8.94. The quantitative estimate of drug-likeness (QED) is 0.769. The van der Waals surface area contributed by atoms with Crippen molar-refractivity contribution in [3.63, 3.8) is 0 Å². The average Bonchev–Trinajstić information content (AvgIpc) is 2.80. The van der Waals surface area contributed by atoms with Crippen molar-refractivity contribution < 1.29 is 19.3 Å². The van der Waals surface area contributed by atoms with Crippen LogP contribution in [0.5, 0.6) is 0 Å². The molecule has 2 amide bonds. The Balaban J connectivity index is 2.00. The van der Waals surface area contributed by atoms with Gasteiger partial charge in [-0.1, -0.05) is 5.23 Å². The largest absolute Gasteiger partial charge is 0.390 e. The number of amides is 2. The smallest absolute Gasteiger partial charge is 0.266 e. The summed E-state index contributed by atoms with van der Waals surface area (Å²) in [5.41, 5.74) is 5.34. The first kappa shape index (κ1) is 12.5. The van der Waals surface area contributed by atoms with Gasteiger partial charge in [-0.05, 0) is 6.92 Å². The highest BCUT2D eigenvalue weighted by Gasteiger charge is 2.51. The summed E-state index contributed by atoms with van der Waals surface area (Å²) in [7, 11) is 1.58. The van der Waals surface area contributed by atoms with E-state index >= 15 is 0 Å². The fourth-order valence-electron chi connectivity index (χ4n) is 2.37. The number of rotatable bonds is 1. The minimum absolute atomic E-state index is 0.286. The van der Waals surface area contributed by atoms with Gasteiger partial charge in [0, 0.05) is 18.8 Å². The Labute approximate surface area is 113 Å². The van der Waals surface area contributed by atoms with E-state index in [1.807, 2.05) is 0 Å². The van der Waals surface area contributed by atoms with Crippen LogP contribution in [0.15, 0.2) is 5.38 Å². The van der Waals surface area contributed by atoms with E-state index in [9.17, 15) is 9.59 Å². The molecule has 0 aliphatic carbocycles. The van der Waals surface area contributed by atoms with E-state index in [1.54, 1.807) is 19.4 Å². The van der Waals surface area contributed by atoms with E-state index in [4.69, 9.17) is 15.4 Å². The minimum Gasteiger partial charge on any atom is -0.390 e. The van der Waals surface area contributed by atoms with Crippen molar-refractivity contribution in [3.05, 3.63) is 16.5 Å². The van der Waals surface area contributed by atoms with Gasteiger partial charge < -0.3 is 5.73 Å². The van der Waals surface area contributed by atoms with Crippen LogP contribution in [0.4, 0.5) is 5.00 Å². The van der Waals surface area contributed by atoms with Crippen molar-refractivity contribution in [2.75, 3.05) is 19.4 Å². The Kier molecular flexibility index (Phi) is 2.65. The zero-order valence-corrected chi connectivity index (χ0v) is 11.3. The zero-order chi connectivity index (χ0) is 13.8. The van der Waals surface area contributed by atoms with Crippen LogP contribution in [0, 0.1) is 0 Å². The molecular weight excluding hydrogens is 270 g/mol. The maximum atomic E-state index is 12.4. The summed E-state index contributed by atoms with van der Waals surface area (Å²) in [4.78, 5) is 36.5. The number of imide groups is 1. The minimum atomic E-state index is -1.05. The molecule has 0 aromatic carbocycles. The van der Waals surface area contributed by atoms with Gasteiger partial charge in [-0.3, -0.25) is 14.4 Å². The Morgan fingerprint density at radius 3 is 2.79 bits per heavy atom. The Morgan fingerprint density at radius 2 is 2.16 bits per heavy atom. The third-order valence-corrected chi connectivity index (χ3v) is 4.12. The number of anilines is 1. The molecule has 3 rings (SSSR count). The number of nitrogens with two attached hydrogens (primary N) is 1. The highest BCUT2D eigenvalue weighted by molar-refractivity contribution is 7.14. The van der Waals surface area contributed by atoms with Gasteiger partial charge in [0.05, 0.1) is 22.7 Å². The molecule has 0 radical (unpaired) electrons. The number of nitrogen functional groups attached to an aromatic ring is 1. The molecule has 1 aromatic rings. The van der Waals surface area contributed by atoms with Gasteiger partial charge in [0.25, 0.3) is 11.8 Å². The molecule has 8 heteroatoms. The highest BCUT2D eigenvalue weighted by atomic mass is 32.1. The number of fused-ring (bicyclic) bond motifs is 1. The van der Waals surface area contributed by atoms with E-state index < -0.39 is 11.6 Å². The van der Waals surface area contributed by atoms with Crippen molar-refractivity contribution >= 4 is 28.2 Å². The fourth-order valence-corrected chi connectivity index (χ4v) is 3.15. The molecule has 0 saturated carbocycles. The third-order valence-electron chi connectivity index (χ3n) is 3.31. The molecule has 1 aromatic heterocycles. The van der Waals surface area contributed by atoms with E-state index in [0.717, 1.165) is 4.90 Å². The lowest BCUT2D eigenvalue weighted by molar-refractivity contribution is -0.440. The molecule has 1 saturated heterocycles. The molecule has 2 N–H and O–H groups in total. The monoisotopic (exact) mass is 283 g/mol. The molecule has 0 bridgehead atoms. The second kappa shape index (κ2) is 4.01. The molecular formula is C11H13N3O4S. The van der Waals surface area contributed by atoms with Gasteiger partial charge in [-0.25, -0.2) is 9.74 Å². The van der Waals surface area contributed by atoms with Crippen molar-refractivity contribution in [2.24, 2.45) is 0 Å². The highest BCUT2D eigenvalue weighted by Crippen LogP contribution is 2.39. The maximum Gasteiger partial charge on any atom is 0.266 e. The van der Waals surface area contributed by atoms with Gasteiger partial charge in [0.15, 0.2) is 5.72 Å². The van der Waals surface area contributed by atoms with Gasteiger partial charge in [0.1, 0.15) is 0 Å². The van der Waals surface area contributed by atoms with Crippen molar-refractivity contribution in [2.45, 2.75) is 19.1 Å². The molecule has 19 heavy (non-hydrogen) atoms. The number of nitrogens with zero attached hydrogens (tertiary/aromatic N) is 2. The molecule has 3 heterocycles. The first-order valence-corrected chi connectivity index (χ1v) is 6.63. The van der Waals surface area contributed by atoms with Crippen LogP contribution in [0.2, 0.25) is 0 Å². The van der Waals surface area contributed by atoms with Crippen LogP contribution >= 0.6 is 11.3 Å². The Morgan fingerprint density at radius 1 is 1.42 bits per heavy atom. The summed E-state index contributed by atoms with van der Waals surface area (Å²) in [5.74, 6) is -0.776. The third kappa shape index (κ3) is 1.68. The second-order valence-corrected chi connectivity index (χ2v) is 5.53. The predicted molar refractivity (Wildman–Crippen MR) is 67.1 cm³/mol.